The van der Waals surface area contributed by atoms with Crippen molar-refractivity contribution in [2.24, 2.45) is 0 Å². The second-order valence-corrected chi connectivity index (χ2v) is 8.61. The summed E-state index contributed by atoms with van der Waals surface area (Å²) in [6, 6.07) is 8.79. The molecule has 0 radical (unpaired) electrons. The molecule has 5 rings (SSSR count). The lowest BCUT2D eigenvalue weighted by Crippen LogP contribution is -2.36. The van der Waals surface area contributed by atoms with E-state index in [1.807, 2.05) is 4.57 Å². The number of ether oxygens (including phenoxy) is 1. The zero-order chi connectivity index (χ0) is 25.4. The van der Waals surface area contributed by atoms with Crippen LogP contribution in [0.15, 0.2) is 55.1 Å². The molecule has 1 aliphatic heterocycles. The number of halogens is 3. The molecule has 2 aromatic carbocycles. The Hall–Kier alpha value is -4.12. The SMILES string of the molecule is CC(=O)N1CCn2c(nc3cc(C(=O)Nc4ccc(OC(F)(F)Cl)cc4)cc(-c4cncnc4)c32)C1. The van der Waals surface area contributed by atoms with Crippen molar-refractivity contribution < 1.29 is 23.1 Å². The van der Waals surface area contributed by atoms with Gasteiger partial charge in [0.2, 0.25) is 5.91 Å². The summed E-state index contributed by atoms with van der Waals surface area (Å²) in [5.74, 6) is 0.108. The lowest BCUT2D eigenvalue weighted by molar-refractivity contribution is -0.130. The monoisotopic (exact) mass is 512 g/mol. The summed E-state index contributed by atoms with van der Waals surface area (Å²) in [7, 11) is 0. The van der Waals surface area contributed by atoms with Gasteiger partial charge in [-0.25, -0.2) is 15.0 Å². The predicted octanol–water partition coefficient (Wildman–Crippen LogP) is 4.28. The van der Waals surface area contributed by atoms with Gasteiger partial charge in [0, 0.05) is 66.4 Å². The Kier molecular flexibility index (Phi) is 6.00. The second-order valence-electron chi connectivity index (χ2n) is 8.17. The van der Waals surface area contributed by atoms with Crippen LogP contribution in [-0.2, 0) is 17.9 Å². The Morgan fingerprint density at radius 2 is 1.83 bits per heavy atom. The third kappa shape index (κ3) is 4.82. The molecule has 0 spiro atoms. The van der Waals surface area contributed by atoms with Crippen LogP contribution in [0.3, 0.4) is 0 Å². The summed E-state index contributed by atoms with van der Waals surface area (Å²) in [5, 5.41) is 2.74. The number of fused-ring (bicyclic) bond motifs is 3. The number of rotatable bonds is 5. The van der Waals surface area contributed by atoms with Crippen LogP contribution in [0.25, 0.3) is 22.2 Å². The van der Waals surface area contributed by atoms with Crippen molar-refractivity contribution in [1.29, 1.82) is 0 Å². The van der Waals surface area contributed by atoms with Crippen LogP contribution in [0.5, 0.6) is 5.75 Å². The Bertz CT molecular complexity index is 1450. The molecule has 3 heterocycles. The number of alkyl halides is 3. The molecule has 2 amide bonds. The number of carbonyl (C=O) groups excluding carboxylic acids is 2. The second kappa shape index (κ2) is 9.15. The molecule has 1 aliphatic rings. The standard InChI is InChI=1S/C24H19ClF2N6O3/c1-14(34)32-6-7-33-21(12-32)31-20-9-15(8-19(22(20)33)16-10-28-13-29-11-16)23(35)30-17-2-4-18(5-3-17)36-24(25,26)27/h2-5,8-11,13H,6-7,12H2,1H3,(H,30,35). The largest absolute Gasteiger partial charge is 0.487 e. The third-order valence-electron chi connectivity index (χ3n) is 5.77. The van der Waals surface area contributed by atoms with E-state index in [0.29, 0.717) is 47.8 Å². The molecule has 0 saturated heterocycles. The van der Waals surface area contributed by atoms with Crippen LogP contribution in [-0.4, -0.2) is 48.3 Å². The molecule has 12 heteroatoms. The van der Waals surface area contributed by atoms with Crippen LogP contribution in [0, 0.1) is 0 Å². The molecular weight excluding hydrogens is 494 g/mol. The fraction of sp³-hybridized carbons (Fsp3) is 0.208. The van der Waals surface area contributed by atoms with Crippen LogP contribution in [0.4, 0.5) is 14.5 Å². The Morgan fingerprint density at radius 1 is 1.11 bits per heavy atom. The first-order valence-electron chi connectivity index (χ1n) is 10.9. The van der Waals surface area contributed by atoms with E-state index in [9.17, 15) is 18.4 Å². The van der Waals surface area contributed by atoms with Gasteiger partial charge in [-0.1, -0.05) is 0 Å². The zero-order valence-electron chi connectivity index (χ0n) is 18.9. The minimum absolute atomic E-state index is 0.0313. The summed E-state index contributed by atoms with van der Waals surface area (Å²) in [6.07, 6.45) is 4.72. The molecule has 0 unspecified atom stereocenters. The number of carbonyl (C=O) groups is 2. The van der Waals surface area contributed by atoms with E-state index in [4.69, 9.17) is 16.6 Å². The van der Waals surface area contributed by atoms with E-state index in [1.165, 1.54) is 37.5 Å². The van der Waals surface area contributed by atoms with Crippen molar-refractivity contribution in [1.82, 2.24) is 24.4 Å². The number of anilines is 1. The normalized spacial score (nSPS) is 13.4. The van der Waals surface area contributed by atoms with Gasteiger partial charge in [0.25, 0.3) is 5.91 Å². The smallest absolute Gasteiger partial charge is 0.420 e. The highest BCUT2D eigenvalue weighted by atomic mass is 35.5. The number of hydrogen-bond donors (Lipinski definition) is 1. The van der Waals surface area contributed by atoms with Crippen LogP contribution >= 0.6 is 11.6 Å². The molecule has 4 aromatic rings. The maximum absolute atomic E-state index is 13.1. The van der Waals surface area contributed by atoms with Gasteiger partial charge in [0.1, 0.15) is 17.9 Å². The van der Waals surface area contributed by atoms with Crippen LogP contribution in [0.1, 0.15) is 23.1 Å². The fourth-order valence-corrected chi connectivity index (χ4v) is 4.24. The number of nitrogens with one attached hydrogen (secondary N) is 1. The minimum Gasteiger partial charge on any atom is -0.420 e. The molecule has 1 N–H and O–H groups in total. The first kappa shape index (κ1) is 23.6. The van der Waals surface area contributed by atoms with E-state index >= 15 is 0 Å². The van der Waals surface area contributed by atoms with Gasteiger partial charge >= 0.3 is 5.57 Å². The van der Waals surface area contributed by atoms with Crippen LogP contribution < -0.4 is 10.1 Å². The lowest BCUT2D eigenvalue weighted by atomic mass is 10.0. The van der Waals surface area contributed by atoms with Crippen molar-refractivity contribution >= 4 is 40.1 Å². The number of imidazole rings is 1. The van der Waals surface area contributed by atoms with E-state index in [-0.39, 0.29) is 11.7 Å². The summed E-state index contributed by atoms with van der Waals surface area (Å²) in [4.78, 5) is 39.7. The first-order valence-corrected chi connectivity index (χ1v) is 11.3. The summed E-state index contributed by atoms with van der Waals surface area (Å²) in [5.41, 5.74) is -0.288. The summed E-state index contributed by atoms with van der Waals surface area (Å²) in [6.45, 7) is 3.00. The quantitative estimate of drug-likeness (QED) is 0.401. The molecule has 0 fully saturated rings. The molecule has 9 nitrogen and oxygen atoms in total. The molecule has 184 valence electrons. The predicted molar refractivity (Wildman–Crippen MR) is 128 cm³/mol. The van der Waals surface area contributed by atoms with Gasteiger partial charge in [-0.05, 0) is 36.4 Å². The number of amides is 2. The number of aromatic nitrogens is 4. The number of hydrogen-bond acceptors (Lipinski definition) is 6. The van der Waals surface area contributed by atoms with Gasteiger partial charge in [0.15, 0.2) is 0 Å². The van der Waals surface area contributed by atoms with Crippen molar-refractivity contribution in [3.8, 4) is 16.9 Å². The zero-order valence-corrected chi connectivity index (χ0v) is 19.7. The van der Waals surface area contributed by atoms with Crippen molar-refractivity contribution in [3.05, 3.63) is 66.5 Å². The van der Waals surface area contributed by atoms with E-state index in [1.54, 1.807) is 29.4 Å². The Balaban J connectivity index is 1.51. The maximum atomic E-state index is 13.1. The molecule has 0 bridgehead atoms. The number of nitrogens with zero attached hydrogens (tertiary/aromatic N) is 5. The highest BCUT2D eigenvalue weighted by Crippen LogP contribution is 2.33. The summed E-state index contributed by atoms with van der Waals surface area (Å²) >= 11 is 4.78. The molecule has 2 aromatic heterocycles. The Labute approximate surface area is 208 Å². The molecular formula is C24H19ClF2N6O3. The van der Waals surface area contributed by atoms with Gasteiger partial charge in [0.05, 0.1) is 17.6 Å². The van der Waals surface area contributed by atoms with E-state index in [0.717, 1.165) is 11.1 Å². The van der Waals surface area contributed by atoms with Crippen molar-refractivity contribution in [2.45, 2.75) is 25.6 Å². The number of benzene rings is 2. The maximum Gasteiger partial charge on any atom is 0.487 e. The first-order chi connectivity index (χ1) is 17.2. The average molecular weight is 513 g/mol. The van der Waals surface area contributed by atoms with E-state index in [2.05, 4.69) is 20.0 Å². The van der Waals surface area contributed by atoms with Gasteiger partial charge < -0.3 is 19.5 Å². The molecule has 0 aliphatic carbocycles. The van der Waals surface area contributed by atoms with Gasteiger partial charge in [-0.2, -0.15) is 0 Å². The molecule has 0 atom stereocenters. The highest BCUT2D eigenvalue weighted by molar-refractivity contribution is 6.20. The Morgan fingerprint density at radius 3 is 2.50 bits per heavy atom. The van der Waals surface area contributed by atoms with E-state index < -0.39 is 11.5 Å². The lowest BCUT2D eigenvalue weighted by Gasteiger charge is -2.27. The third-order valence-corrected chi connectivity index (χ3v) is 5.85. The van der Waals surface area contributed by atoms with Gasteiger partial charge in [-0.3, -0.25) is 9.59 Å². The van der Waals surface area contributed by atoms with Crippen molar-refractivity contribution in [3.63, 3.8) is 0 Å². The van der Waals surface area contributed by atoms with Gasteiger partial charge in [-0.15, -0.1) is 8.78 Å². The average Bonchev–Trinajstić information content (AvgIpc) is 3.22. The molecule has 0 saturated carbocycles. The van der Waals surface area contributed by atoms with Crippen LogP contribution in [0.2, 0.25) is 0 Å². The summed E-state index contributed by atoms with van der Waals surface area (Å²) < 4.78 is 32.0. The van der Waals surface area contributed by atoms with Crippen molar-refractivity contribution in [2.75, 3.05) is 11.9 Å². The fourth-order valence-electron chi connectivity index (χ4n) is 4.15. The molecule has 36 heavy (non-hydrogen) atoms. The highest BCUT2D eigenvalue weighted by Gasteiger charge is 2.28. The topological polar surface area (TPSA) is 102 Å². The minimum atomic E-state index is -3.83.